The van der Waals surface area contributed by atoms with Crippen LogP contribution in [0.15, 0.2) is 18.2 Å². The van der Waals surface area contributed by atoms with E-state index in [2.05, 4.69) is 0 Å². The lowest BCUT2D eigenvalue weighted by atomic mass is 10.1. The zero-order chi connectivity index (χ0) is 9.68. The zero-order valence-corrected chi connectivity index (χ0v) is 7.96. The van der Waals surface area contributed by atoms with Crippen LogP contribution < -0.4 is 15.2 Å². The van der Waals surface area contributed by atoms with Gasteiger partial charge in [0.05, 0.1) is 14.2 Å². The molecule has 1 rings (SSSR count). The first kappa shape index (κ1) is 9.86. The van der Waals surface area contributed by atoms with Crippen molar-refractivity contribution in [2.75, 3.05) is 20.8 Å². The van der Waals surface area contributed by atoms with Gasteiger partial charge in [-0.25, -0.2) is 0 Å². The Morgan fingerprint density at radius 3 is 2.54 bits per heavy atom. The number of rotatable bonds is 4. The van der Waals surface area contributed by atoms with Gasteiger partial charge in [0, 0.05) is 6.54 Å². The Kier molecular flexibility index (Phi) is 3.58. The minimum atomic E-state index is 0.365. The fraction of sp³-hybridized carbons (Fsp3) is 0.400. The van der Waals surface area contributed by atoms with Crippen molar-refractivity contribution in [3.8, 4) is 11.5 Å². The summed E-state index contributed by atoms with van der Waals surface area (Å²) in [5.41, 5.74) is 8.17. The average Bonchev–Trinajstić information content (AvgIpc) is 2.18. The van der Waals surface area contributed by atoms with E-state index >= 15 is 0 Å². The first-order valence-electron chi connectivity index (χ1n) is 4.18. The topological polar surface area (TPSA) is 42.3 Å². The average molecular weight is 180 g/mol. The van der Waals surface area contributed by atoms with E-state index in [1.54, 1.807) is 14.2 Å². The molecule has 0 fully saturated rings. The molecule has 0 saturated carbocycles. The molecule has 0 saturated heterocycles. The monoisotopic (exact) mass is 180 g/mol. The van der Waals surface area contributed by atoms with Gasteiger partial charge in [-0.05, 0) is 18.1 Å². The van der Waals surface area contributed by atoms with Crippen LogP contribution in [-0.2, 0) is 6.42 Å². The minimum absolute atomic E-state index is 0.365. The highest BCUT2D eigenvalue weighted by Gasteiger charge is 2.07. The summed E-state index contributed by atoms with van der Waals surface area (Å²) in [5, 5.41) is 0. The van der Waals surface area contributed by atoms with Crippen molar-refractivity contribution in [1.82, 2.24) is 5.73 Å². The molecule has 0 atom stereocenters. The Balaban J connectivity index is 3.03. The molecule has 1 radical (unpaired) electrons. The molecule has 13 heavy (non-hydrogen) atoms. The van der Waals surface area contributed by atoms with Gasteiger partial charge in [-0.15, -0.1) is 0 Å². The Labute approximate surface area is 78.5 Å². The number of methoxy groups -OCH3 is 2. The molecular formula is C10H14NO2. The fourth-order valence-electron chi connectivity index (χ4n) is 1.29. The van der Waals surface area contributed by atoms with Crippen LogP contribution in [0, 0.1) is 0 Å². The van der Waals surface area contributed by atoms with E-state index in [1.807, 2.05) is 18.2 Å². The summed E-state index contributed by atoms with van der Waals surface area (Å²) in [4.78, 5) is 0. The molecule has 0 heterocycles. The molecule has 1 aromatic rings. The summed E-state index contributed by atoms with van der Waals surface area (Å²) in [6, 6.07) is 5.72. The number of benzene rings is 1. The lowest BCUT2D eigenvalue weighted by Gasteiger charge is -2.11. The van der Waals surface area contributed by atoms with E-state index < -0.39 is 0 Å². The third-order valence-corrected chi connectivity index (χ3v) is 1.88. The number of nitrogens with one attached hydrogen (secondary N) is 1. The second-order valence-corrected chi connectivity index (χ2v) is 2.65. The van der Waals surface area contributed by atoms with Crippen molar-refractivity contribution in [3.63, 3.8) is 0 Å². The van der Waals surface area contributed by atoms with Gasteiger partial charge in [-0.3, -0.25) is 5.73 Å². The van der Waals surface area contributed by atoms with Crippen molar-refractivity contribution in [2.24, 2.45) is 0 Å². The third kappa shape index (κ3) is 2.12. The Hall–Kier alpha value is -1.22. The molecule has 1 N–H and O–H groups in total. The summed E-state index contributed by atoms with van der Waals surface area (Å²) >= 11 is 0. The fourth-order valence-corrected chi connectivity index (χ4v) is 1.29. The van der Waals surface area contributed by atoms with Crippen LogP contribution in [0.5, 0.6) is 11.5 Å². The lowest BCUT2D eigenvalue weighted by Crippen LogP contribution is -1.98. The molecule has 1 aromatic carbocycles. The Bertz CT molecular complexity index is 274. The smallest absolute Gasteiger partial charge is 0.163 e. The molecule has 0 aliphatic heterocycles. The second-order valence-electron chi connectivity index (χ2n) is 2.65. The molecular weight excluding hydrogens is 166 g/mol. The molecule has 71 valence electrons. The summed E-state index contributed by atoms with van der Waals surface area (Å²) in [7, 11) is 3.23. The first-order chi connectivity index (χ1) is 6.33. The molecule has 0 aliphatic rings. The van der Waals surface area contributed by atoms with E-state index in [0.717, 1.165) is 17.1 Å². The minimum Gasteiger partial charge on any atom is -0.493 e. The maximum absolute atomic E-state index is 7.14. The van der Waals surface area contributed by atoms with Crippen LogP contribution >= 0.6 is 0 Å². The highest BCUT2D eigenvalue weighted by atomic mass is 16.5. The third-order valence-electron chi connectivity index (χ3n) is 1.88. The SMILES string of the molecule is COc1cccc(CC[NH])c1OC. The van der Waals surface area contributed by atoms with Crippen LogP contribution in [0.2, 0.25) is 0 Å². The summed E-state index contributed by atoms with van der Waals surface area (Å²) < 4.78 is 10.3. The summed E-state index contributed by atoms with van der Waals surface area (Å²) in [6.07, 6.45) is 0.695. The normalized spacial score (nSPS) is 9.77. The van der Waals surface area contributed by atoms with E-state index in [0.29, 0.717) is 13.0 Å². The van der Waals surface area contributed by atoms with E-state index in [1.165, 1.54) is 0 Å². The van der Waals surface area contributed by atoms with Crippen molar-refractivity contribution < 1.29 is 9.47 Å². The van der Waals surface area contributed by atoms with E-state index in [9.17, 15) is 0 Å². The highest BCUT2D eigenvalue weighted by molar-refractivity contribution is 5.46. The van der Waals surface area contributed by atoms with Crippen molar-refractivity contribution in [2.45, 2.75) is 6.42 Å². The largest absolute Gasteiger partial charge is 0.493 e. The maximum atomic E-state index is 7.14. The standard InChI is InChI=1S/C10H14NO2/c1-12-9-5-3-4-8(6-7-11)10(9)13-2/h3-5,11H,6-7H2,1-2H3. The van der Waals surface area contributed by atoms with Crippen LogP contribution in [0.25, 0.3) is 0 Å². The second kappa shape index (κ2) is 4.72. The molecule has 0 unspecified atom stereocenters. The van der Waals surface area contributed by atoms with Gasteiger partial charge in [0.25, 0.3) is 0 Å². The number of para-hydroxylation sites is 1. The highest BCUT2D eigenvalue weighted by Crippen LogP contribution is 2.30. The van der Waals surface area contributed by atoms with Crippen molar-refractivity contribution in [1.29, 1.82) is 0 Å². The first-order valence-corrected chi connectivity index (χ1v) is 4.18. The van der Waals surface area contributed by atoms with E-state index in [-0.39, 0.29) is 0 Å². The van der Waals surface area contributed by atoms with Crippen molar-refractivity contribution in [3.05, 3.63) is 23.8 Å². The van der Waals surface area contributed by atoms with Gasteiger partial charge in [0.2, 0.25) is 0 Å². The molecule has 0 amide bonds. The number of hydrogen-bond acceptors (Lipinski definition) is 2. The van der Waals surface area contributed by atoms with Gasteiger partial charge < -0.3 is 9.47 Å². The molecule has 0 spiro atoms. The van der Waals surface area contributed by atoms with Crippen LogP contribution in [0.3, 0.4) is 0 Å². The van der Waals surface area contributed by atoms with Crippen LogP contribution in [-0.4, -0.2) is 20.8 Å². The van der Waals surface area contributed by atoms with Gasteiger partial charge in [-0.1, -0.05) is 12.1 Å². The predicted molar refractivity (Wildman–Crippen MR) is 51.2 cm³/mol. The number of ether oxygens (including phenoxy) is 2. The quantitative estimate of drug-likeness (QED) is 0.705. The van der Waals surface area contributed by atoms with E-state index in [4.69, 9.17) is 15.2 Å². The van der Waals surface area contributed by atoms with Gasteiger partial charge in [0.1, 0.15) is 0 Å². The molecule has 3 heteroatoms. The summed E-state index contributed by atoms with van der Waals surface area (Å²) in [5.74, 6) is 1.48. The predicted octanol–water partition coefficient (Wildman–Crippen LogP) is 1.53. The number of hydrogen-bond donors (Lipinski definition) is 0. The van der Waals surface area contributed by atoms with Crippen molar-refractivity contribution >= 4 is 0 Å². The molecule has 3 nitrogen and oxygen atoms in total. The Morgan fingerprint density at radius 1 is 1.23 bits per heavy atom. The maximum Gasteiger partial charge on any atom is 0.163 e. The van der Waals surface area contributed by atoms with Gasteiger partial charge in [-0.2, -0.15) is 0 Å². The molecule has 0 aliphatic carbocycles. The molecule has 0 bridgehead atoms. The Morgan fingerprint density at radius 2 is 2.00 bits per heavy atom. The van der Waals surface area contributed by atoms with Crippen LogP contribution in [0.4, 0.5) is 0 Å². The van der Waals surface area contributed by atoms with Gasteiger partial charge in [0.15, 0.2) is 11.5 Å². The summed E-state index contributed by atoms with van der Waals surface area (Å²) in [6.45, 7) is 0.365. The zero-order valence-electron chi connectivity index (χ0n) is 7.96. The van der Waals surface area contributed by atoms with Crippen LogP contribution in [0.1, 0.15) is 5.56 Å². The lowest BCUT2D eigenvalue weighted by molar-refractivity contribution is 0.351. The van der Waals surface area contributed by atoms with Gasteiger partial charge >= 0.3 is 0 Å². The molecule has 0 aromatic heterocycles.